The maximum Gasteiger partial charge on any atom is 0.310 e. The van der Waals surface area contributed by atoms with Gasteiger partial charge in [-0.1, -0.05) is 0 Å². The summed E-state index contributed by atoms with van der Waals surface area (Å²) in [7, 11) is 0. The molecule has 58 valence electrons. The maximum absolute atomic E-state index is 12.7. The van der Waals surface area contributed by atoms with Crippen molar-refractivity contribution in [3.05, 3.63) is 0 Å². The molecule has 0 spiro atoms. The van der Waals surface area contributed by atoms with Crippen LogP contribution in [0.1, 0.15) is 6.42 Å². The van der Waals surface area contributed by atoms with Crippen molar-refractivity contribution in [2.75, 3.05) is 13.1 Å². The van der Waals surface area contributed by atoms with Crippen molar-refractivity contribution >= 4 is 5.97 Å². The average Bonchev–Trinajstić information content (AvgIpc) is 1.88. The minimum absolute atomic E-state index is 0.260. The van der Waals surface area contributed by atoms with E-state index in [1.807, 2.05) is 0 Å². The first-order chi connectivity index (χ1) is 4.72. The maximum atomic E-state index is 12.7. The van der Waals surface area contributed by atoms with Crippen molar-refractivity contribution < 1.29 is 14.3 Å². The molecule has 4 heteroatoms. The molecule has 3 nitrogen and oxygen atoms in total. The standard InChI is InChI=1S/C6H10FNO2/c7-5-1-2-8-3-4(5)6(9)10/h4-5,8H,1-3H2,(H,9,10)/t4-,5+/m0/s1. The van der Waals surface area contributed by atoms with E-state index in [1.54, 1.807) is 0 Å². The van der Waals surface area contributed by atoms with Crippen LogP contribution in [0.4, 0.5) is 4.39 Å². The Morgan fingerprint density at radius 2 is 2.40 bits per heavy atom. The predicted molar refractivity (Wildman–Crippen MR) is 33.5 cm³/mol. The lowest BCUT2D eigenvalue weighted by Crippen LogP contribution is -2.41. The Bertz CT molecular complexity index is 140. The van der Waals surface area contributed by atoms with Crippen molar-refractivity contribution in [2.24, 2.45) is 5.92 Å². The first-order valence-corrected chi connectivity index (χ1v) is 3.29. The highest BCUT2D eigenvalue weighted by Crippen LogP contribution is 2.14. The summed E-state index contributed by atoms with van der Waals surface area (Å²) in [5.41, 5.74) is 0. The van der Waals surface area contributed by atoms with E-state index in [9.17, 15) is 9.18 Å². The van der Waals surface area contributed by atoms with Crippen molar-refractivity contribution in [3.8, 4) is 0 Å². The second-order valence-electron chi connectivity index (χ2n) is 2.45. The molecular formula is C6H10FNO2. The first kappa shape index (κ1) is 7.47. The molecule has 10 heavy (non-hydrogen) atoms. The Hall–Kier alpha value is -0.640. The van der Waals surface area contributed by atoms with Crippen molar-refractivity contribution in [3.63, 3.8) is 0 Å². The van der Waals surface area contributed by atoms with E-state index >= 15 is 0 Å². The highest BCUT2D eigenvalue weighted by Gasteiger charge is 2.30. The molecule has 0 aromatic carbocycles. The minimum Gasteiger partial charge on any atom is -0.481 e. The number of hydrogen-bond donors (Lipinski definition) is 2. The predicted octanol–water partition coefficient (Wildman–Crippen LogP) is 0.0186. The van der Waals surface area contributed by atoms with Gasteiger partial charge in [-0.2, -0.15) is 0 Å². The lowest BCUT2D eigenvalue weighted by Gasteiger charge is -2.22. The summed E-state index contributed by atoms with van der Waals surface area (Å²) < 4.78 is 12.7. The largest absolute Gasteiger partial charge is 0.481 e. The molecule has 1 aliphatic heterocycles. The molecule has 1 saturated heterocycles. The van der Waals surface area contributed by atoms with Crippen LogP contribution in [0.3, 0.4) is 0 Å². The molecule has 0 aliphatic carbocycles. The number of rotatable bonds is 1. The van der Waals surface area contributed by atoms with Crippen molar-refractivity contribution in [2.45, 2.75) is 12.6 Å². The summed E-state index contributed by atoms with van der Waals surface area (Å²) in [6.07, 6.45) is -0.851. The molecule has 0 aromatic heterocycles. The monoisotopic (exact) mass is 147 g/mol. The summed E-state index contributed by atoms with van der Waals surface area (Å²) in [6, 6.07) is 0. The fourth-order valence-electron chi connectivity index (χ4n) is 1.07. The summed E-state index contributed by atoms with van der Waals surface area (Å²) in [4.78, 5) is 10.3. The number of carboxylic acids is 1. The smallest absolute Gasteiger partial charge is 0.310 e. The number of alkyl halides is 1. The zero-order valence-electron chi connectivity index (χ0n) is 5.51. The number of hydrogen-bond acceptors (Lipinski definition) is 2. The molecule has 1 aliphatic rings. The lowest BCUT2D eigenvalue weighted by molar-refractivity contribution is -0.144. The molecular weight excluding hydrogens is 137 g/mol. The van der Waals surface area contributed by atoms with Crippen LogP contribution in [0.25, 0.3) is 0 Å². The van der Waals surface area contributed by atoms with Crippen molar-refractivity contribution in [1.82, 2.24) is 5.32 Å². The number of carboxylic acid groups (broad SMARTS) is 1. The minimum atomic E-state index is -1.17. The molecule has 0 unspecified atom stereocenters. The van der Waals surface area contributed by atoms with Gasteiger partial charge < -0.3 is 10.4 Å². The van der Waals surface area contributed by atoms with Crippen LogP contribution in [0.5, 0.6) is 0 Å². The highest BCUT2D eigenvalue weighted by molar-refractivity contribution is 5.71. The highest BCUT2D eigenvalue weighted by atomic mass is 19.1. The van der Waals surface area contributed by atoms with Gasteiger partial charge in [0.05, 0.1) is 0 Å². The fraction of sp³-hybridized carbons (Fsp3) is 0.833. The number of halogens is 1. The average molecular weight is 147 g/mol. The van der Waals surface area contributed by atoms with Gasteiger partial charge in [0, 0.05) is 6.54 Å². The number of aliphatic carboxylic acids is 1. The third-order valence-corrected chi connectivity index (χ3v) is 1.71. The molecule has 0 saturated carbocycles. The van der Waals surface area contributed by atoms with Gasteiger partial charge in [-0.3, -0.25) is 4.79 Å². The van der Waals surface area contributed by atoms with Gasteiger partial charge in [0.2, 0.25) is 0 Å². The van der Waals surface area contributed by atoms with Crippen LogP contribution >= 0.6 is 0 Å². The van der Waals surface area contributed by atoms with Gasteiger partial charge in [0.15, 0.2) is 0 Å². The molecule has 0 aromatic rings. The topological polar surface area (TPSA) is 49.3 Å². The van der Waals surface area contributed by atoms with E-state index in [0.717, 1.165) is 0 Å². The SMILES string of the molecule is O=C(O)[C@H]1CNCC[C@H]1F. The number of nitrogens with one attached hydrogen (secondary N) is 1. The van der Waals surface area contributed by atoms with E-state index in [1.165, 1.54) is 0 Å². The Balaban J connectivity index is 2.47. The first-order valence-electron chi connectivity index (χ1n) is 3.29. The van der Waals surface area contributed by atoms with Crippen LogP contribution < -0.4 is 5.32 Å². The Labute approximate surface area is 58.2 Å². The normalized spacial score (nSPS) is 33.7. The molecule has 0 bridgehead atoms. The molecule has 1 fully saturated rings. The molecule has 2 atom stereocenters. The Kier molecular flexibility index (Phi) is 2.21. The summed E-state index contributed by atoms with van der Waals surface area (Å²) in [5, 5.41) is 11.3. The van der Waals surface area contributed by atoms with E-state index < -0.39 is 18.1 Å². The second kappa shape index (κ2) is 2.96. The van der Waals surface area contributed by atoms with Crippen LogP contribution in [0, 0.1) is 5.92 Å². The van der Waals surface area contributed by atoms with Crippen LogP contribution in [-0.4, -0.2) is 30.3 Å². The summed E-state index contributed by atoms with van der Waals surface area (Å²) >= 11 is 0. The molecule has 1 rings (SSSR count). The van der Waals surface area contributed by atoms with Gasteiger partial charge in [-0.25, -0.2) is 4.39 Å². The number of piperidine rings is 1. The Morgan fingerprint density at radius 1 is 1.70 bits per heavy atom. The van der Waals surface area contributed by atoms with Gasteiger partial charge in [-0.05, 0) is 13.0 Å². The van der Waals surface area contributed by atoms with Gasteiger partial charge in [0.25, 0.3) is 0 Å². The molecule has 2 N–H and O–H groups in total. The van der Waals surface area contributed by atoms with E-state index in [0.29, 0.717) is 13.0 Å². The zero-order valence-corrected chi connectivity index (χ0v) is 5.51. The van der Waals surface area contributed by atoms with E-state index in [2.05, 4.69) is 5.32 Å². The number of carbonyl (C=O) groups is 1. The summed E-state index contributed by atoms with van der Waals surface area (Å²) in [5.74, 6) is -1.88. The molecule has 1 heterocycles. The van der Waals surface area contributed by atoms with Crippen LogP contribution in [0.15, 0.2) is 0 Å². The Morgan fingerprint density at radius 3 is 2.80 bits per heavy atom. The van der Waals surface area contributed by atoms with E-state index in [-0.39, 0.29) is 6.54 Å². The van der Waals surface area contributed by atoms with Crippen LogP contribution in [-0.2, 0) is 4.79 Å². The van der Waals surface area contributed by atoms with Gasteiger partial charge in [-0.15, -0.1) is 0 Å². The van der Waals surface area contributed by atoms with Gasteiger partial charge >= 0.3 is 5.97 Å². The van der Waals surface area contributed by atoms with Gasteiger partial charge in [0.1, 0.15) is 12.1 Å². The van der Waals surface area contributed by atoms with Crippen LogP contribution in [0.2, 0.25) is 0 Å². The molecule has 0 amide bonds. The summed E-state index contributed by atoms with van der Waals surface area (Å²) in [6.45, 7) is 0.849. The van der Waals surface area contributed by atoms with Crippen molar-refractivity contribution in [1.29, 1.82) is 0 Å². The van der Waals surface area contributed by atoms with E-state index in [4.69, 9.17) is 5.11 Å². The second-order valence-corrected chi connectivity index (χ2v) is 2.45. The third-order valence-electron chi connectivity index (χ3n) is 1.71. The quantitative estimate of drug-likeness (QED) is 0.549. The molecule has 0 radical (unpaired) electrons. The zero-order chi connectivity index (χ0) is 7.56. The lowest BCUT2D eigenvalue weighted by atomic mass is 9.98. The fourth-order valence-corrected chi connectivity index (χ4v) is 1.07. The third kappa shape index (κ3) is 1.44.